The van der Waals surface area contributed by atoms with Crippen molar-refractivity contribution >= 4 is 23.2 Å². The first kappa shape index (κ1) is 12.4. The molecule has 0 bridgehead atoms. The molecule has 0 saturated heterocycles. The SMILES string of the molecule is Clc1cccc(COCc2cccc(Cl)c2)c1. The molecule has 0 aromatic heterocycles. The first-order valence-electron chi connectivity index (χ1n) is 5.31. The van der Waals surface area contributed by atoms with Crippen LogP contribution in [0.5, 0.6) is 0 Å². The van der Waals surface area contributed by atoms with Crippen molar-refractivity contribution in [3.63, 3.8) is 0 Å². The molecule has 0 aliphatic rings. The molecule has 0 atom stereocenters. The third-order valence-corrected chi connectivity index (χ3v) is 2.79. The zero-order valence-electron chi connectivity index (χ0n) is 9.20. The topological polar surface area (TPSA) is 9.23 Å². The molecule has 0 unspecified atom stereocenters. The zero-order chi connectivity index (χ0) is 12.1. The normalized spacial score (nSPS) is 10.5. The number of rotatable bonds is 4. The van der Waals surface area contributed by atoms with Crippen LogP contribution in [0.15, 0.2) is 48.5 Å². The maximum absolute atomic E-state index is 5.89. The van der Waals surface area contributed by atoms with Gasteiger partial charge in [0.25, 0.3) is 0 Å². The Hall–Kier alpha value is -1.02. The van der Waals surface area contributed by atoms with E-state index >= 15 is 0 Å². The van der Waals surface area contributed by atoms with Gasteiger partial charge in [-0.1, -0.05) is 47.5 Å². The first-order chi connectivity index (χ1) is 8.24. The van der Waals surface area contributed by atoms with Gasteiger partial charge in [0.1, 0.15) is 0 Å². The molecule has 2 aromatic rings. The van der Waals surface area contributed by atoms with Crippen LogP contribution in [-0.2, 0) is 18.0 Å². The van der Waals surface area contributed by atoms with Crippen LogP contribution >= 0.6 is 23.2 Å². The predicted molar refractivity (Wildman–Crippen MR) is 71.4 cm³/mol. The number of halogens is 2. The molecular weight excluding hydrogens is 255 g/mol. The van der Waals surface area contributed by atoms with Crippen molar-refractivity contribution in [2.24, 2.45) is 0 Å². The van der Waals surface area contributed by atoms with Crippen LogP contribution < -0.4 is 0 Å². The summed E-state index contributed by atoms with van der Waals surface area (Å²) in [4.78, 5) is 0. The van der Waals surface area contributed by atoms with E-state index in [1.54, 1.807) is 0 Å². The van der Waals surface area contributed by atoms with Crippen LogP contribution in [-0.4, -0.2) is 0 Å². The fourth-order valence-electron chi connectivity index (χ4n) is 1.54. The van der Waals surface area contributed by atoms with E-state index in [0.29, 0.717) is 13.2 Å². The van der Waals surface area contributed by atoms with E-state index in [0.717, 1.165) is 21.2 Å². The molecule has 0 spiro atoms. The summed E-state index contributed by atoms with van der Waals surface area (Å²) in [5.74, 6) is 0. The van der Waals surface area contributed by atoms with E-state index in [1.807, 2.05) is 48.5 Å². The summed E-state index contributed by atoms with van der Waals surface area (Å²) >= 11 is 11.8. The minimum Gasteiger partial charge on any atom is -0.372 e. The van der Waals surface area contributed by atoms with Crippen LogP contribution in [0.4, 0.5) is 0 Å². The van der Waals surface area contributed by atoms with Crippen molar-refractivity contribution in [1.29, 1.82) is 0 Å². The summed E-state index contributed by atoms with van der Waals surface area (Å²) in [6.07, 6.45) is 0. The monoisotopic (exact) mass is 266 g/mol. The lowest BCUT2D eigenvalue weighted by molar-refractivity contribution is 0.107. The summed E-state index contributed by atoms with van der Waals surface area (Å²) in [6.45, 7) is 1.10. The van der Waals surface area contributed by atoms with E-state index in [-0.39, 0.29) is 0 Å². The lowest BCUT2D eigenvalue weighted by Crippen LogP contribution is -1.94. The van der Waals surface area contributed by atoms with Crippen LogP contribution in [0.2, 0.25) is 10.0 Å². The second kappa shape index (κ2) is 6.06. The molecule has 17 heavy (non-hydrogen) atoms. The van der Waals surface area contributed by atoms with Gasteiger partial charge in [-0.05, 0) is 35.4 Å². The molecular formula is C14H12Cl2O. The molecule has 0 heterocycles. The van der Waals surface area contributed by atoms with Gasteiger partial charge in [0.2, 0.25) is 0 Å². The highest BCUT2D eigenvalue weighted by atomic mass is 35.5. The Kier molecular flexibility index (Phi) is 4.43. The third kappa shape index (κ3) is 4.04. The van der Waals surface area contributed by atoms with Crippen molar-refractivity contribution in [3.05, 3.63) is 69.7 Å². The Labute approximate surface area is 111 Å². The number of benzene rings is 2. The highest BCUT2D eigenvalue weighted by molar-refractivity contribution is 6.30. The standard InChI is InChI=1S/C14H12Cl2O/c15-13-5-1-3-11(7-13)9-17-10-12-4-2-6-14(16)8-12/h1-8H,9-10H2. The summed E-state index contributed by atoms with van der Waals surface area (Å²) in [5, 5.41) is 1.46. The van der Waals surface area contributed by atoms with E-state index < -0.39 is 0 Å². The highest BCUT2D eigenvalue weighted by Crippen LogP contribution is 2.14. The molecule has 0 amide bonds. The molecule has 0 saturated carbocycles. The molecule has 2 rings (SSSR count). The smallest absolute Gasteiger partial charge is 0.0721 e. The van der Waals surface area contributed by atoms with Gasteiger partial charge in [0.15, 0.2) is 0 Å². The molecule has 1 nitrogen and oxygen atoms in total. The van der Waals surface area contributed by atoms with Gasteiger partial charge in [-0.2, -0.15) is 0 Å². The predicted octanol–water partition coefficient (Wildman–Crippen LogP) is 4.71. The van der Waals surface area contributed by atoms with Gasteiger partial charge in [-0.15, -0.1) is 0 Å². The number of ether oxygens (including phenoxy) is 1. The van der Waals surface area contributed by atoms with Crippen molar-refractivity contribution in [2.45, 2.75) is 13.2 Å². The minimum absolute atomic E-state index is 0.549. The Balaban J connectivity index is 1.87. The van der Waals surface area contributed by atoms with Crippen LogP contribution in [0.1, 0.15) is 11.1 Å². The maximum atomic E-state index is 5.89. The molecule has 0 aliphatic carbocycles. The van der Waals surface area contributed by atoms with E-state index in [9.17, 15) is 0 Å². The molecule has 0 fully saturated rings. The van der Waals surface area contributed by atoms with Crippen molar-refractivity contribution in [1.82, 2.24) is 0 Å². The lowest BCUT2D eigenvalue weighted by atomic mass is 10.2. The average molecular weight is 267 g/mol. The largest absolute Gasteiger partial charge is 0.372 e. The summed E-state index contributed by atoms with van der Waals surface area (Å²) in [6, 6.07) is 15.3. The lowest BCUT2D eigenvalue weighted by Gasteiger charge is -2.05. The minimum atomic E-state index is 0.549. The number of hydrogen-bond acceptors (Lipinski definition) is 1. The average Bonchev–Trinajstić information content (AvgIpc) is 2.29. The summed E-state index contributed by atoms with van der Waals surface area (Å²) in [7, 11) is 0. The quantitative estimate of drug-likeness (QED) is 0.779. The van der Waals surface area contributed by atoms with E-state index in [2.05, 4.69) is 0 Å². The van der Waals surface area contributed by atoms with Gasteiger partial charge in [0.05, 0.1) is 13.2 Å². The van der Waals surface area contributed by atoms with Crippen molar-refractivity contribution in [2.75, 3.05) is 0 Å². The molecule has 0 aliphatic heterocycles. The maximum Gasteiger partial charge on any atom is 0.0721 e. The molecule has 88 valence electrons. The van der Waals surface area contributed by atoms with E-state index in [1.165, 1.54) is 0 Å². The van der Waals surface area contributed by atoms with Gasteiger partial charge in [-0.3, -0.25) is 0 Å². The Morgan fingerprint density at radius 2 is 1.24 bits per heavy atom. The molecule has 0 radical (unpaired) electrons. The Morgan fingerprint density at radius 1 is 0.765 bits per heavy atom. The van der Waals surface area contributed by atoms with Gasteiger partial charge >= 0.3 is 0 Å². The third-order valence-electron chi connectivity index (χ3n) is 2.32. The number of hydrogen-bond donors (Lipinski definition) is 0. The Morgan fingerprint density at radius 3 is 1.65 bits per heavy atom. The first-order valence-corrected chi connectivity index (χ1v) is 6.06. The summed E-state index contributed by atoms with van der Waals surface area (Å²) < 4.78 is 5.60. The van der Waals surface area contributed by atoms with Gasteiger partial charge < -0.3 is 4.74 Å². The van der Waals surface area contributed by atoms with Crippen molar-refractivity contribution in [3.8, 4) is 0 Å². The van der Waals surface area contributed by atoms with Crippen LogP contribution in [0.25, 0.3) is 0 Å². The van der Waals surface area contributed by atoms with Crippen molar-refractivity contribution < 1.29 is 4.74 Å². The highest BCUT2D eigenvalue weighted by Gasteiger charge is 1.97. The Bertz CT molecular complexity index is 452. The summed E-state index contributed by atoms with van der Waals surface area (Å²) in [5.41, 5.74) is 2.14. The van der Waals surface area contributed by atoms with Crippen LogP contribution in [0.3, 0.4) is 0 Å². The second-order valence-corrected chi connectivity index (χ2v) is 4.63. The second-order valence-electron chi connectivity index (χ2n) is 3.75. The van der Waals surface area contributed by atoms with Gasteiger partial charge in [0, 0.05) is 10.0 Å². The van der Waals surface area contributed by atoms with Gasteiger partial charge in [-0.25, -0.2) is 0 Å². The molecule has 3 heteroatoms. The molecule has 2 aromatic carbocycles. The van der Waals surface area contributed by atoms with Crippen LogP contribution in [0, 0.1) is 0 Å². The zero-order valence-corrected chi connectivity index (χ0v) is 10.7. The molecule has 0 N–H and O–H groups in total. The fourth-order valence-corrected chi connectivity index (χ4v) is 1.97. The fraction of sp³-hybridized carbons (Fsp3) is 0.143. The van der Waals surface area contributed by atoms with E-state index in [4.69, 9.17) is 27.9 Å².